The van der Waals surface area contributed by atoms with Gasteiger partial charge < -0.3 is 10.2 Å². The van der Waals surface area contributed by atoms with Crippen LogP contribution in [0, 0.1) is 6.92 Å². The molecular weight excluding hydrogens is 617 g/mol. The number of halogens is 2. The molecule has 4 aromatic rings. The first-order chi connectivity index (χ1) is 21.1. The van der Waals surface area contributed by atoms with E-state index in [1.165, 1.54) is 35.2 Å². The van der Waals surface area contributed by atoms with Crippen LogP contribution >= 0.6 is 23.2 Å². The summed E-state index contributed by atoms with van der Waals surface area (Å²) in [7, 11) is -4.23. The normalized spacial score (nSPS) is 11.9. The van der Waals surface area contributed by atoms with E-state index in [0.29, 0.717) is 6.54 Å². The molecule has 0 heterocycles. The standard InChI is InChI=1S/C34H35Cl2N3O4S/c1-3-19-37-34(41)32(21-26-12-6-4-7-13-26)38(23-27-14-10-11-25(2)20-27)33(40)24-39(28-17-18-30(35)31(36)22-28)44(42,43)29-15-8-5-9-16-29/h4-18,20,22,32H,3,19,21,23-24H2,1-2H3,(H,37,41)/t32-/m0/s1. The summed E-state index contributed by atoms with van der Waals surface area (Å²) >= 11 is 12.5. The largest absolute Gasteiger partial charge is 0.354 e. The summed E-state index contributed by atoms with van der Waals surface area (Å²) in [5.74, 6) is -0.867. The average Bonchev–Trinajstić information content (AvgIpc) is 3.02. The van der Waals surface area contributed by atoms with Crippen LogP contribution in [0.25, 0.3) is 0 Å². The third-order valence-corrected chi connectivity index (χ3v) is 9.58. The highest BCUT2D eigenvalue weighted by Gasteiger charge is 2.34. The van der Waals surface area contributed by atoms with Gasteiger partial charge in [-0.2, -0.15) is 0 Å². The van der Waals surface area contributed by atoms with Gasteiger partial charge in [-0.15, -0.1) is 0 Å². The lowest BCUT2D eigenvalue weighted by atomic mass is 10.0. The molecule has 10 heteroatoms. The van der Waals surface area contributed by atoms with Crippen molar-refractivity contribution >= 4 is 50.7 Å². The minimum Gasteiger partial charge on any atom is -0.354 e. The topological polar surface area (TPSA) is 86.8 Å². The van der Waals surface area contributed by atoms with E-state index >= 15 is 0 Å². The Kier molecular flexibility index (Phi) is 11.4. The Hall–Kier alpha value is -3.85. The Morgan fingerprint density at radius 2 is 1.48 bits per heavy atom. The SMILES string of the molecule is CCCNC(=O)[C@H](Cc1ccccc1)N(Cc1cccc(C)c1)C(=O)CN(c1ccc(Cl)c(Cl)c1)S(=O)(=O)c1ccccc1. The summed E-state index contributed by atoms with van der Waals surface area (Å²) in [4.78, 5) is 29.6. The molecule has 44 heavy (non-hydrogen) atoms. The van der Waals surface area contributed by atoms with Crippen molar-refractivity contribution in [2.75, 3.05) is 17.4 Å². The van der Waals surface area contributed by atoms with Gasteiger partial charge in [-0.1, -0.05) is 108 Å². The highest BCUT2D eigenvalue weighted by Crippen LogP contribution is 2.31. The molecule has 0 saturated carbocycles. The van der Waals surface area contributed by atoms with Crippen LogP contribution in [-0.2, 0) is 32.6 Å². The number of hydrogen-bond donors (Lipinski definition) is 1. The number of anilines is 1. The molecule has 0 unspecified atom stereocenters. The second kappa shape index (κ2) is 15.2. The first-order valence-corrected chi connectivity index (χ1v) is 16.5. The molecule has 2 amide bonds. The summed E-state index contributed by atoms with van der Waals surface area (Å²) in [5, 5.41) is 3.33. The summed E-state index contributed by atoms with van der Waals surface area (Å²) < 4.78 is 29.1. The van der Waals surface area contributed by atoms with Gasteiger partial charge in [-0.3, -0.25) is 13.9 Å². The number of nitrogens with zero attached hydrogens (tertiary/aromatic N) is 2. The smallest absolute Gasteiger partial charge is 0.264 e. The van der Waals surface area contributed by atoms with E-state index < -0.39 is 28.5 Å². The molecule has 4 rings (SSSR count). The van der Waals surface area contributed by atoms with Gasteiger partial charge >= 0.3 is 0 Å². The van der Waals surface area contributed by atoms with Gasteiger partial charge in [0.1, 0.15) is 12.6 Å². The Bertz CT molecular complexity index is 1690. The van der Waals surface area contributed by atoms with Gasteiger partial charge in [0.25, 0.3) is 10.0 Å². The Balaban J connectivity index is 1.81. The van der Waals surface area contributed by atoms with Crippen LogP contribution in [0.15, 0.2) is 108 Å². The van der Waals surface area contributed by atoms with Crippen LogP contribution in [0.1, 0.15) is 30.0 Å². The molecule has 7 nitrogen and oxygen atoms in total. The van der Waals surface area contributed by atoms with E-state index in [9.17, 15) is 18.0 Å². The molecule has 0 aromatic heterocycles. The lowest BCUT2D eigenvalue weighted by molar-refractivity contribution is -0.140. The van der Waals surface area contributed by atoms with Crippen molar-refractivity contribution in [1.82, 2.24) is 10.2 Å². The van der Waals surface area contributed by atoms with Crippen molar-refractivity contribution in [3.8, 4) is 0 Å². The number of rotatable bonds is 13. The number of carbonyl (C=O) groups is 2. The Morgan fingerprint density at radius 3 is 2.11 bits per heavy atom. The zero-order valence-corrected chi connectivity index (χ0v) is 26.9. The van der Waals surface area contributed by atoms with Crippen LogP contribution in [0.2, 0.25) is 10.0 Å². The lowest BCUT2D eigenvalue weighted by Crippen LogP contribution is -2.53. The minimum absolute atomic E-state index is 0.00521. The first kappa shape index (κ1) is 33.1. The van der Waals surface area contributed by atoms with Crippen molar-refractivity contribution in [2.24, 2.45) is 0 Å². The average molecular weight is 653 g/mol. The van der Waals surface area contributed by atoms with Crippen molar-refractivity contribution in [3.05, 3.63) is 130 Å². The molecule has 0 fully saturated rings. The molecule has 0 bridgehead atoms. The molecular formula is C34H35Cl2N3O4S. The zero-order chi connectivity index (χ0) is 31.7. The minimum atomic E-state index is -4.23. The summed E-state index contributed by atoms with van der Waals surface area (Å²) in [5.41, 5.74) is 2.84. The van der Waals surface area contributed by atoms with Gasteiger partial charge in [0.05, 0.1) is 20.6 Å². The monoisotopic (exact) mass is 651 g/mol. The number of aryl methyl sites for hydroxylation is 1. The number of benzene rings is 4. The van der Waals surface area contributed by atoms with E-state index in [4.69, 9.17) is 23.2 Å². The Labute approximate surface area is 269 Å². The summed E-state index contributed by atoms with van der Waals surface area (Å²) in [6.07, 6.45) is 0.961. The third kappa shape index (κ3) is 8.40. The molecule has 1 atom stereocenters. The molecule has 0 saturated heterocycles. The molecule has 0 aliphatic heterocycles. The zero-order valence-electron chi connectivity index (χ0n) is 24.6. The Morgan fingerprint density at radius 1 is 0.818 bits per heavy atom. The quantitative estimate of drug-likeness (QED) is 0.175. The number of sulfonamides is 1. The second-order valence-electron chi connectivity index (χ2n) is 10.4. The molecule has 4 aromatic carbocycles. The maximum absolute atomic E-state index is 14.4. The molecule has 230 valence electrons. The van der Waals surface area contributed by atoms with Gasteiger partial charge in [-0.25, -0.2) is 8.42 Å². The first-order valence-electron chi connectivity index (χ1n) is 14.3. The van der Waals surface area contributed by atoms with Crippen molar-refractivity contribution in [3.63, 3.8) is 0 Å². The fraction of sp³-hybridized carbons (Fsp3) is 0.235. The molecule has 0 aliphatic carbocycles. The van der Waals surface area contributed by atoms with Gasteiger partial charge in [0, 0.05) is 19.5 Å². The highest BCUT2D eigenvalue weighted by atomic mass is 35.5. The predicted octanol–water partition coefficient (Wildman–Crippen LogP) is 6.66. The van der Waals surface area contributed by atoms with E-state index in [1.807, 2.05) is 68.4 Å². The fourth-order valence-electron chi connectivity index (χ4n) is 4.82. The van der Waals surface area contributed by atoms with Crippen LogP contribution in [-0.4, -0.2) is 44.3 Å². The van der Waals surface area contributed by atoms with Gasteiger partial charge in [-0.05, 0) is 54.8 Å². The van der Waals surface area contributed by atoms with Crippen LogP contribution in [0.5, 0.6) is 0 Å². The summed E-state index contributed by atoms with van der Waals surface area (Å²) in [6.45, 7) is 3.86. The molecule has 0 radical (unpaired) electrons. The van der Waals surface area contributed by atoms with Crippen molar-refractivity contribution in [2.45, 2.75) is 44.2 Å². The van der Waals surface area contributed by atoms with Crippen molar-refractivity contribution in [1.29, 1.82) is 0 Å². The fourth-order valence-corrected chi connectivity index (χ4v) is 6.54. The van der Waals surface area contributed by atoms with E-state index in [2.05, 4.69) is 5.32 Å². The van der Waals surface area contributed by atoms with E-state index in [-0.39, 0.29) is 39.5 Å². The van der Waals surface area contributed by atoms with Crippen molar-refractivity contribution < 1.29 is 18.0 Å². The number of amides is 2. The highest BCUT2D eigenvalue weighted by molar-refractivity contribution is 7.92. The van der Waals surface area contributed by atoms with Crippen LogP contribution < -0.4 is 9.62 Å². The third-order valence-electron chi connectivity index (χ3n) is 7.06. The van der Waals surface area contributed by atoms with E-state index in [1.54, 1.807) is 18.2 Å². The second-order valence-corrected chi connectivity index (χ2v) is 13.1. The number of carbonyl (C=O) groups excluding carboxylic acids is 2. The van der Waals surface area contributed by atoms with Crippen LogP contribution in [0.4, 0.5) is 5.69 Å². The maximum Gasteiger partial charge on any atom is 0.264 e. The number of hydrogen-bond acceptors (Lipinski definition) is 4. The predicted molar refractivity (Wildman–Crippen MR) is 176 cm³/mol. The van der Waals surface area contributed by atoms with Gasteiger partial charge in [0.2, 0.25) is 11.8 Å². The molecule has 0 spiro atoms. The van der Waals surface area contributed by atoms with Gasteiger partial charge in [0.15, 0.2) is 0 Å². The van der Waals surface area contributed by atoms with E-state index in [0.717, 1.165) is 27.4 Å². The maximum atomic E-state index is 14.4. The lowest BCUT2D eigenvalue weighted by Gasteiger charge is -2.34. The summed E-state index contributed by atoms with van der Waals surface area (Å²) in [6, 6.07) is 28.4. The van der Waals surface area contributed by atoms with Crippen LogP contribution in [0.3, 0.4) is 0 Å². The number of nitrogens with one attached hydrogen (secondary N) is 1. The molecule has 1 N–H and O–H groups in total. The molecule has 0 aliphatic rings.